The maximum Gasteiger partial charge on any atom is 0.123 e. The summed E-state index contributed by atoms with van der Waals surface area (Å²) in [5.41, 5.74) is 5.25. The van der Waals surface area contributed by atoms with Gasteiger partial charge in [-0.05, 0) is 53.8 Å². The predicted octanol–water partition coefficient (Wildman–Crippen LogP) is 3.55. The summed E-state index contributed by atoms with van der Waals surface area (Å²) >= 11 is 0. The van der Waals surface area contributed by atoms with Gasteiger partial charge in [0.25, 0.3) is 0 Å². The first-order valence-corrected chi connectivity index (χ1v) is 6.92. The molecule has 2 aliphatic rings. The number of benzene rings is 2. The van der Waals surface area contributed by atoms with E-state index in [0.717, 1.165) is 24.9 Å². The summed E-state index contributed by atoms with van der Waals surface area (Å²) in [6, 6.07) is 14.2. The summed E-state index contributed by atoms with van der Waals surface area (Å²) in [6.07, 6.45) is 2.05. The summed E-state index contributed by atoms with van der Waals surface area (Å²) in [7, 11) is 0. The molecule has 2 unspecified atom stereocenters. The smallest absolute Gasteiger partial charge is 0.123 e. The van der Waals surface area contributed by atoms with Crippen LogP contribution in [0.1, 0.15) is 40.6 Å². The van der Waals surface area contributed by atoms with Gasteiger partial charge in [0.05, 0.1) is 0 Å². The number of halogens is 1. The summed E-state index contributed by atoms with van der Waals surface area (Å²) in [6.45, 7) is 1.01. The summed E-state index contributed by atoms with van der Waals surface area (Å²) in [5.74, 6) is 0.358. The van der Waals surface area contributed by atoms with E-state index in [1.807, 2.05) is 6.07 Å². The lowest BCUT2D eigenvalue weighted by molar-refractivity contribution is 0.567. The van der Waals surface area contributed by atoms with Crippen molar-refractivity contribution in [3.63, 3.8) is 0 Å². The topological polar surface area (TPSA) is 12.0 Å². The average Bonchev–Trinajstić information content (AvgIpc) is 2.86. The lowest BCUT2D eigenvalue weighted by Crippen LogP contribution is -2.17. The van der Waals surface area contributed by atoms with Crippen LogP contribution in [-0.2, 0) is 6.42 Å². The monoisotopic (exact) mass is 253 g/mol. The van der Waals surface area contributed by atoms with Crippen LogP contribution in [-0.4, -0.2) is 6.54 Å². The second-order valence-electron chi connectivity index (χ2n) is 5.55. The van der Waals surface area contributed by atoms with Gasteiger partial charge in [0, 0.05) is 12.0 Å². The van der Waals surface area contributed by atoms with Crippen molar-refractivity contribution < 1.29 is 4.39 Å². The van der Waals surface area contributed by atoms with E-state index in [4.69, 9.17) is 0 Å². The van der Waals surface area contributed by atoms with Gasteiger partial charge in [-0.1, -0.05) is 30.3 Å². The number of nitrogens with one attached hydrogen (secondary N) is 1. The summed E-state index contributed by atoms with van der Waals surface area (Å²) in [4.78, 5) is 0. The molecule has 1 nitrogen and oxygen atoms in total. The second-order valence-corrected chi connectivity index (χ2v) is 5.55. The van der Waals surface area contributed by atoms with Crippen LogP contribution in [0.2, 0.25) is 0 Å². The van der Waals surface area contributed by atoms with Crippen LogP contribution in [0.4, 0.5) is 4.39 Å². The lowest BCUT2D eigenvalue weighted by atomic mass is 9.88. The fourth-order valence-corrected chi connectivity index (χ4v) is 3.64. The van der Waals surface area contributed by atoms with Crippen LogP contribution >= 0.6 is 0 Å². The molecule has 0 amide bonds. The van der Waals surface area contributed by atoms with Gasteiger partial charge in [0.2, 0.25) is 0 Å². The second kappa shape index (κ2) is 4.17. The van der Waals surface area contributed by atoms with E-state index in [1.54, 1.807) is 12.1 Å². The van der Waals surface area contributed by atoms with Gasteiger partial charge in [0.1, 0.15) is 5.82 Å². The van der Waals surface area contributed by atoms with Crippen molar-refractivity contribution in [1.29, 1.82) is 0 Å². The van der Waals surface area contributed by atoms with E-state index in [9.17, 15) is 4.39 Å². The highest BCUT2D eigenvalue weighted by Gasteiger charge is 2.34. The Morgan fingerprint density at radius 2 is 1.84 bits per heavy atom. The van der Waals surface area contributed by atoms with Gasteiger partial charge in [-0.2, -0.15) is 0 Å². The fraction of sp³-hybridized carbons (Fsp3) is 0.294. The van der Waals surface area contributed by atoms with Crippen molar-refractivity contribution in [3.8, 4) is 0 Å². The van der Waals surface area contributed by atoms with Gasteiger partial charge < -0.3 is 5.32 Å². The number of hydrogen-bond acceptors (Lipinski definition) is 1. The van der Waals surface area contributed by atoms with Crippen LogP contribution < -0.4 is 5.32 Å². The van der Waals surface area contributed by atoms with Gasteiger partial charge in [-0.25, -0.2) is 4.39 Å². The molecule has 1 saturated heterocycles. The van der Waals surface area contributed by atoms with Gasteiger partial charge >= 0.3 is 0 Å². The SMILES string of the molecule is Fc1ccc2c(c1)C1NCCC1c1ccccc1C2. The normalized spacial score (nSPS) is 24.3. The minimum Gasteiger partial charge on any atom is -0.309 e. The number of rotatable bonds is 0. The van der Waals surface area contributed by atoms with Crippen LogP contribution in [0.15, 0.2) is 42.5 Å². The first-order chi connectivity index (χ1) is 9.33. The van der Waals surface area contributed by atoms with E-state index < -0.39 is 0 Å². The van der Waals surface area contributed by atoms with Gasteiger partial charge in [-0.3, -0.25) is 0 Å². The van der Waals surface area contributed by atoms with E-state index in [0.29, 0.717) is 5.92 Å². The maximum absolute atomic E-state index is 13.6. The highest BCUT2D eigenvalue weighted by molar-refractivity contribution is 5.45. The molecule has 0 saturated carbocycles. The third-order valence-corrected chi connectivity index (χ3v) is 4.50. The Bertz CT molecular complexity index is 635. The fourth-order valence-electron chi connectivity index (χ4n) is 3.64. The third-order valence-electron chi connectivity index (χ3n) is 4.50. The molecule has 2 atom stereocenters. The molecule has 0 aromatic heterocycles. The number of hydrogen-bond donors (Lipinski definition) is 1. The van der Waals surface area contributed by atoms with Crippen LogP contribution in [0.25, 0.3) is 0 Å². The zero-order valence-electron chi connectivity index (χ0n) is 10.7. The van der Waals surface area contributed by atoms with Crippen molar-refractivity contribution in [2.24, 2.45) is 0 Å². The molecule has 0 spiro atoms. The van der Waals surface area contributed by atoms with Crippen LogP contribution in [0.5, 0.6) is 0 Å². The molecule has 96 valence electrons. The van der Waals surface area contributed by atoms with Crippen molar-refractivity contribution in [2.45, 2.75) is 24.8 Å². The Morgan fingerprint density at radius 1 is 1.00 bits per heavy atom. The summed E-state index contributed by atoms with van der Waals surface area (Å²) in [5, 5.41) is 3.56. The van der Waals surface area contributed by atoms with Crippen molar-refractivity contribution in [2.75, 3.05) is 6.54 Å². The molecule has 2 aromatic rings. The lowest BCUT2D eigenvalue weighted by Gasteiger charge is -2.20. The number of fused-ring (bicyclic) bond motifs is 5. The minimum absolute atomic E-state index is 0.128. The highest BCUT2D eigenvalue weighted by atomic mass is 19.1. The third kappa shape index (κ3) is 1.71. The zero-order valence-corrected chi connectivity index (χ0v) is 10.7. The maximum atomic E-state index is 13.6. The van der Waals surface area contributed by atoms with E-state index in [-0.39, 0.29) is 11.9 Å². The molecule has 1 aliphatic heterocycles. The molecular formula is C17H16FN. The molecule has 1 aliphatic carbocycles. The van der Waals surface area contributed by atoms with Crippen molar-refractivity contribution in [3.05, 3.63) is 70.5 Å². The van der Waals surface area contributed by atoms with Gasteiger partial charge in [0.15, 0.2) is 0 Å². The molecular weight excluding hydrogens is 237 g/mol. The van der Waals surface area contributed by atoms with Crippen LogP contribution in [0.3, 0.4) is 0 Å². The summed E-state index contributed by atoms with van der Waals surface area (Å²) < 4.78 is 13.6. The molecule has 4 rings (SSSR count). The Balaban J connectivity index is 1.94. The Labute approximate surface area is 112 Å². The van der Waals surface area contributed by atoms with Crippen molar-refractivity contribution in [1.82, 2.24) is 5.32 Å². The predicted molar refractivity (Wildman–Crippen MR) is 73.7 cm³/mol. The molecule has 1 N–H and O–H groups in total. The largest absolute Gasteiger partial charge is 0.309 e. The Morgan fingerprint density at radius 3 is 2.79 bits per heavy atom. The standard InChI is InChI=1S/C17H16FN/c18-13-6-5-12-9-11-3-1-2-4-14(11)15-7-8-19-17(15)16(12)10-13/h1-6,10,15,17,19H,7-9H2. The zero-order chi connectivity index (χ0) is 12.8. The average molecular weight is 253 g/mol. The first-order valence-electron chi connectivity index (χ1n) is 6.92. The molecule has 19 heavy (non-hydrogen) atoms. The quantitative estimate of drug-likeness (QED) is 0.757. The van der Waals surface area contributed by atoms with E-state index >= 15 is 0 Å². The Kier molecular flexibility index (Phi) is 2.46. The minimum atomic E-state index is -0.128. The highest BCUT2D eigenvalue weighted by Crippen LogP contribution is 2.43. The van der Waals surface area contributed by atoms with E-state index in [2.05, 4.69) is 29.6 Å². The van der Waals surface area contributed by atoms with Crippen LogP contribution in [0, 0.1) is 5.82 Å². The molecule has 2 aromatic carbocycles. The molecule has 1 fully saturated rings. The van der Waals surface area contributed by atoms with E-state index in [1.165, 1.54) is 16.7 Å². The molecule has 1 heterocycles. The molecule has 2 heteroatoms. The molecule has 0 bridgehead atoms. The van der Waals surface area contributed by atoms with Crippen molar-refractivity contribution >= 4 is 0 Å². The first kappa shape index (κ1) is 11.2. The van der Waals surface area contributed by atoms with Gasteiger partial charge in [-0.15, -0.1) is 0 Å². The Hall–Kier alpha value is -1.67. The molecule has 0 radical (unpaired) electrons.